The van der Waals surface area contributed by atoms with E-state index in [0.29, 0.717) is 31.4 Å². The molecule has 2 fully saturated rings. The summed E-state index contributed by atoms with van der Waals surface area (Å²) in [6, 6.07) is 7.54. The fraction of sp³-hybridized carbons (Fsp3) is 0.645. The van der Waals surface area contributed by atoms with Gasteiger partial charge in [-0.2, -0.15) is 4.39 Å². The van der Waals surface area contributed by atoms with Crippen LogP contribution in [0.5, 0.6) is 0 Å². The SMILES string of the molecule is CC(C)(C)NS(=O)c1ccc(-c2cc(C(=O)NC3CCOCC3)c(F)n2CC2CCCCC2)cc1C(C)(C)C. The van der Waals surface area contributed by atoms with Gasteiger partial charge in [0.2, 0.25) is 5.95 Å². The molecule has 2 N–H and O–H groups in total. The van der Waals surface area contributed by atoms with Gasteiger partial charge in [-0.05, 0) is 87.1 Å². The van der Waals surface area contributed by atoms with Crippen LogP contribution in [0.2, 0.25) is 0 Å². The molecule has 1 aliphatic carbocycles. The molecule has 0 radical (unpaired) electrons. The van der Waals surface area contributed by atoms with Crippen LogP contribution >= 0.6 is 0 Å². The van der Waals surface area contributed by atoms with Crippen molar-refractivity contribution in [2.75, 3.05) is 13.2 Å². The lowest BCUT2D eigenvalue weighted by Gasteiger charge is -2.27. The summed E-state index contributed by atoms with van der Waals surface area (Å²) < 4.78 is 39.7. The van der Waals surface area contributed by atoms with E-state index in [0.717, 1.165) is 54.5 Å². The van der Waals surface area contributed by atoms with Crippen molar-refractivity contribution >= 4 is 16.9 Å². The summed E-state index contributed by atoms with van der Waals surface area (Å²) in [7, 11) is -1.40. The van der Waals surface area contributed by atoms with Crippen LogP contribution < -0.4 is 10.0 Å². The Balaban J connectivity index is 1.75. The molecular weight excluding hydrogens is 513 g/mol. The van der Waals surface area contributed by atoms with Crippen molar-refractivity contribution in [1.29, 1.82) is 0 Å². The Morgan fingerprint density at radius 2 is 1.69 bits per heavy atom. The Morgan fingerprint density at radius 1 is 1.03 bits per heavy atom. The first-order valence-electron chi connectivity index (χ1n) is 14.5. The lowest BCUT2D eigenvalue weighted by Crippen LogP contribution is -2.39. The van der Waals surface area contributed by atoms with Gasteiger partial charge >= 0.3 is 0 Å². The molecule has 1 atom stereocenters. The normalized spacial score (nSPS) is 18.7. The minimum atomic E-state index is -1.40. The zero-order valence-electron chi connectivity index (χ0n) is 24.5. The molecule has 1 aromatic carbocycles. The van der Waals surface area contributed by atoms with Crippen LogP contribution in [0.15, 0.2) is 29.2 Å². The number of benzene rings is 1. The number of hydrogen-bond donors (Lipinski definition) is 2. The van der Waals surface area contributed by atoms with Crippen molar-refractivity contribution < 1.29 is 18.1 Å². The third-order valence-electron chi connectivity index (χ3n) is 7.68. The second kappa shape index (κ2) is 12.2. The Morgan fingerprint density at radius 3 is 2.31 bits per heavy atom. The van der Waals surface area contributed by atoms with Crippen LogP contribution in [0, 0.1) is 11.9 Å². The van der Waals surface area contributed by atoms with Crippen LogP contribution in [0.1, 0.15) is 102 Å². The van der Waals surface area contributed by atoms with E-state index in [1.54, 1.807) is 10.6 Å². The Bertz CT molecular complexity index is 1180. The monoisotopic (exact) mass is 559 g/mol. The average molecular weight is 560 g/mol. The number of carbonyl (C=O) groups is 1. The van der Waals surface area contributed by atoms with Gasteiger partial charge in [0.25, 0.3) is 5.91 Å². The molecule has 0 bridgehead atoms. The predicted molar refractivity (Wildman–Crippen MR) is 156 cm³/mol. The van der Waals surface area contributed by atoms with Crippen molar-refractivity contribution in [2.45, 2.75) is 115 Å². The maximum absolute atomic E-state index is 16.1. The van der Waals surface area contributed by atoms with Crippen LogP contribution in [0.4, 0.5) is 4.39 Å². The van der Waals surface area contributed by atoms with Crippen molar-refractivity contribution in [1.82, 2.24) is 14.6 Å². The fourth-order valence-electron chi connectivity index (χ4n) is 5.61. The Kier molecular flexibility index (Phi) is 9.39. The van der Waals surface area contributed by atoms with E-state index < -0.39 is 16.9 Å². The second-order valence-electron chi connectivity index (χ2n) is 13.3. The first-order chi connectivity index (χ1) is 18.3. The van der Waals surface area contributed by atoms with E-state index in [-0.39, 0.29) is 28.5 Å². The average Bonchev–Trinajstić information content (AvgIpc) is 3.19. The summed E-state index contributed by atoms with van der Waals surface area (Å²) >= 11 is 0. The lowest BCUT2D eigenvalue weighted by atomic mass is 9.85. The number of aromatic nitrogens is 1. The molecule has 1 saturated heterocycles. The molecule has 8 heteroatoms. The summed E-state index contributed by atoms with van der Waals surface area (Å²) in [5.74, 6) is -0.457. The molecule has 39 heavy (non-hydrogen) atoms. The minimum Gasteiger partial charge on any atom is -0.381 e. The molecule has 1 aliphatic heterocycles. The Hall–Kier alpha value is -2.03. The summed E-state index contributed by atoms with van der Waals surface area (Å²) in [5.41, 5.74) is 1.95. The van der Waals surface area contributed by atoms with E-state index in [2.05, 4.69) is 30.8 Å². The highest BCUT2D eigenvalue weighted by Crippen LogP contribution is 2.35. The highest BCUT2D eigenvalue weighted by Gasteiger charge is 2.29. The first-order valence-corrected chi connectivity index (χ1v) is 15.6. The number of nitrogens with one attached hydrogen (secondary N) is 2. The standard InChI is InChI=1S/C31H46FN3O3S/c1-30(2,3)25-18-22(12-13-27(25)39(37)34-31(4,5)6)26-19-24(29(36)33-23-14-16-38-17-15-23)28(32)35(26)20-21-10-8-7-9-11-21/h12-13,18-19,21,23,34H,7-11,14-17,20H2,1-6H3,(H,33,36). The topological polar surface area (TPSA) is 72.4 Å². The van der Waals surface area contributed by atoms with E-state index in [1.807, 2.05) is 39.0 Å². The number of rotatable bonds is 7. The fourth-order valence-corrected chi connectivity index (χ4v) is 7.03. The number of hydrogen-bond acceptors (Lipinski definition) is 3. The van der Waals surface area contributed by atoms with Gasteiger partial charge in [0.1, 0.15) is 11.0 Å². The number of nitrogens with zero attached hydrogens (tertiary/aromatic N) is 1. The summed E-state index contributed by atoms with van der Waals surface area (Å²) in [5, 5.41) is 3.03. The maximum Gasteiger partial charge on any atom is 0.256 e. The molecule has 4 rings (SSSR count). The number of carbonyl (C=O) groups excluding carboxylic acids is 1. The van der Waals surface area contributed by atoms with Crippen molar-refractivity contribution in [2.24, 2.45) is 5.92 Å². The van der Waals surface area contributed by atoms with Gasteiger partial charge in [-0.15, -0.1) is 0 Å². The van der Waals surface area contributed by atoms with Gasteiger partial charge in [0.15, 0.2) is 0 Å². The molecule has 216 valence electrons. The molecular formula is C31H46FN3O3S. The van der Waals surface area contributed by atoms with E-state index in [9.17, 15) is 9.00 Å². The lowest BCUT2D eigenvalue weighted by molar-refractivity contribution is 0.0694. The quantitative estimate of drug-likeness (QED) is 0.407. The van der Waals surface area contributed by atoms with Crippen LogP contribution in [-0.2, 0) is 27.7 Å². The van der Waals surface area contributed by atoms with Gasteiger partial charge in [-0.25, -0.2) is 8.93 Å². The summed E-state index contributed by atoms with van der Waals surface area (Å²) in [4.78, 5) is 14.0. The molecule has 1 amide bonds. The molecule has 2 heterocycles. The summed E-state index contributed by atoms with van der Waals surface area (Å²) in [6.45, 7) is 14.0. The first kappa shape index (κ1) is 29.9. The second-order valence-corrected chi connectivity index (χ2v) is 14.5. The third kappa shape index (κ3) is 7.59. The largest absolute Gasteiger partial charge is 0.381 e. The maximum atomic E-state index is 16.1. The van der Waals surface area contributed by atoms with Crippen LogP contribution in [-0.4, -0.2) is 39.5 Å². The molecule has 1 saturated carbocycles. The summed E-state index contributed by atoms with van der Waals surface area (Å²) in [6.07, 6.45) is 7.17. The van der Waals surface area contributed by atoms with Gasteiger partial charge in [-0.1, -0.05) is 46.1 Å². The number of amides is 1. The molecule has 1 aromatic heterocycles. The van der Waals surface area contributed by atoms with Crippen molar-refractivity contribution in [3.05, 3.63) is 41.3 Å². The number of ether oxygens (including phenoxy) is 1. The predicted octanol–water partition coefficient (Wildman–Crippen LogP) is 6.49. The minimum absolute atomic E-state index is 0.00660. The van der Waals surface area contributed by atoms with Crippen LogP contribution in [0.3, 0.4) is 0 Å². The molecule has 0 spiro atoms. The van der Waals surface area contributed by atoms with E-state index >= 15 is 4.39 Å². The molecule has 2 aliphatic rings. The Labute approximate surface area is 236 Å². The van der Waals surface area contributed by atoms with E-state index in [1.165, 1.54) is 6.42 Å². The zero-order valence-corrected chi connectivity index (χ0v) is 25.3. The third-order valence-corrected chi connectivity index (χ3v) is 9.23. The zero-order chi connectivity index (χ0) is 28.4. The molecule has 2 aromatic rings. The van der Waals surface area contributed by atoms with Gasteiger partial charge in [-0.3, -0.25) is 4.79 Å². The molecule has 1 unspecified atom stereocenters. The van der Waals surface area contributed by atoms with Gasteiger partial charge in [0.05, 0.1) is 16.2 Å². The molecule has 6 nitrogen and oxygen atoms in total. The van der Waals surface area contributed by atoms with Crippen LogP contribution in [0.25, 0.3) is 11.3 Å². The number of halogens is 1. The highest BCUT2D eigenvalue weighted by molar-refractivity contribution is 7.83. The van der Waals surface area contributed by atoms with Crippen molar-refractivity contribution in [3.8, 4) is 11.3 Å². The van der Waals surface area contributed by atoms with E-state index in [4.69, 9.17) is 4.74 Å². The van der Waals surface area contributed by atoms with Gasteiger partial charge in [0, 0.05) is 31.3 Å². The highest BCUT2D eigenvalue weighted by atomic mass is 32.2. The smallest absolute Gasteiger partial charge is 0.256 e. The van der Waals surface area contributed by atoms with Crippen molar-refractivity contribution in [3.63, 3.8) is 0 Å². The van der Waals surface area contributed by atoms with Gasteiger partial charge < -0.3 is 14.6 Å².